The Hall–Kier alpha value is -1.86. The number of rotatable bonds is 6. The molecule has 34 heavy (non-hydrogen) atoms. The van der Waals surface area contributed by atoms with E-state index in [4.69, 9.17) is 21.1 Å². The van der Waals surface area contributed by atoms with Crippen molar-refractivity contribution >= 4 is 16.8 Å². The SMILES string of the molecule is CO[C@@]12CC[C@H](N[C@@H](CC3C=CC=CC3)C(=O)Cl)[C@@H]3Oc4c(O)ccc5c4[C@@]31CCN(C)[C@@H]2C5. The summed E-state index contributed by atoms with van der Waals surface area (Å²) in [5.41, 5.74) is 1.60. The van der Waals surface area contributed by atoms with E-state index in [9.17, 15) is 9.90 Å². The van der Waals surface area contributed by atoms with Crippen molar-refractivity contribution in [2.45, 2.75) is 73.8 Å². The highest BCUT2D eigenvalue weighted by Crippen LogP contribution is 2.66. The molecule has 1 saturated carbocycles. The lowest BCUT2D eigenvalue weighted by atomic mass is 9.48. The van der Waals surface area contributed by atoms with Crippen molar-refractivity contribution in [3.05, 3.63) is 47.6 Å². The number of hydrogen-bond acceptors (Lipinski definition) is 6. The number of nitrogens with zero attached hydrogens (tertiary/aromatic N) is 1. The van der Waals surface area contributed by atoms with Crippen molar-refractivity contribution < 1.29 is 19.4 Å². The maximum absolute atomic E-state index is 12.5. The van der Waals surface area contributed by atoms with E-state index in [0.717, 1.165) is 44.2 Å². The topological polar surface area (TPSA) is 71.0 Å². The van der Waals surface area contributed by atoms with Crippen LogP contribution in [0.5, 0.6) is 11.5 Å². The maximum atomic E-state index is 12.5. The van der Waals surface area contributed by atoms with E-state index >= 15 is 0 Å². The number of phenolic OH excluding ortho intramolecular Hbond substituents is 1. The summed E-state index contributed by atoms with van der Waals surface area (Å²) in [4.78, 5) is 14.9. The Bertz CT molecular complexity index is 1070. The quantitative estimate of drug-likeness (QED) is 0.603. The van der Waals surface area contributed by atoms with Crippen LogP contribution in [0.1, 0.15) is 43.2 Å². The number of likely N-dealkylation sites (tertiary alicyclic amines) is 1. The fourth-order valence-electron chi connectivity index (χ4n) is 7.90. The molecule has 0 aromatic heterocycles. The molecule has 1 saturated heterocycles. The number of ether oxygens (including phenoxy) is 2. The fourth-order valence-corrected chi connectivity index (χ4v) is 8.06. The highest BCUT2D eigenvalue weighted by molar-refractivity contribution is 6.64. The highest BCUT2D eigenvalue weighted by Gasteiger charge is 2.73. The number of methoxy groups -OCH3 is 1. The zero-order valence-corrected chi connectivity index (χ0v) is 20.6. The minimum atomic E-state index is -0.453. The van der Waals surface area contributed by atoms with Crippen LogP contribution in [0.15, 0.2) is 36.4 Å². The van der Waals surface area contributed by atoms with Crippen LogP contribution in [0.4, 0.5) is 0 Å². The molecule has 182 valence electrons. The van der Waals surface area contributed by atoms with Gasteiger partial charge in [-0.25, -0.2) is 0 Å². The van der Waals surface area contributed by atoms with Crippen LogP contribution in [0.2, 0.25) is 0 Å². The van der Waals surface area contributed by atoms with Gasteiger partial charge in [0, 0.05) is 24.8 Å². The fraction of sp³-hybridized carbons (Fsp3) is 0.593. The average molecular weight is 485 g/mol. The summed E-state index contributed by atoms with van der Waals surface area (Å²) in [7, 11) is 4.02. The number of halogens is 1. The number of likely N-dealkylation sites (N-methyl/N-ethyl adjacent to an activating group) is 1. The van der Waals surface area contributed by atoms with Crippen molar-refractivity contribution in [1.82, 2.24) is 10.2 Å². The predicted molar refractivity (Wildman–Crippen MR) is 130 cm³/mol. The third-order valence-corrected chi connectivity index (χ3v) is 9.61. The zero-order valence-electron chi connectivity index (χ0n) is 19.8. The molecule has 0 amide bonds. The summed E-state index contributed by atoms with van der Waals surface area (Å²) in [5, 5.41) is 14.1. The minimum Gasteiger partial charge on any atom is -0.504 e. The lowest BCUT2D eigenvalue weighted by molar-refractivity contribution is -0.203. The first-order valence-corrected chi connectivity index (χ1v) is 12.8. The van der Waals surface area contributed by atoms with E-state index in [1.807, 2.05) is 19.3 Å². The van der Waals surface area contributed by atoms with Crippen LogP contribution >= 0.6 is 11.6 Å². The molecule has 2 N–H and O–H groups in total. The Kier molecular flexibility index (Phi) is 5.37. The number of allylic oxidation sites excluding steroid dienone is 4. The summed E-state index contributed by atoms with van der Waals surface area (Å²) in [6, 6.07) is 3.53. The number of piperidine rings is 1. The summed E-state index contributed by atoms with van der Waals surface area (Å²) in [5.74, 6) is 1.08. The first-order chi connectivity index (χ1) is 16.4. The van der Waals surface area contributed by atoms with Gasteiger partial charge in [0.1, 0.15) is 6.10 Å². The van der Waals surface area contributed by atoms with Gasteiger partial charge in [-0.3, -0.25) is 10.1 Å². The minimum absolute atomic E-state index is 0.0686. The molecule has 6 nitrogen and oxygen atoms in total. The Morgan fingerprint density at radius 3 is 2.97 bits per heavy atom. The third-order valence-electron chi connectivity index (χ3n) is 9.35. The van der Waals surface area contributed by atoms with Gasteiger partial charge in [-0.1, -0.05) is 30.4 Å². The van der Waals surface area contributed by atoms with Gasteiger partial charge in [0.25, 0.3) is 0 Å². The smallest absolute Gasteiger partial charge is 0.238 e. The molecule has 2 aliphatic heterocycles. The number of hydrogen-bond donors (Lipinski definition) is 2. The first-order valence-electron chi connectivity index (χ1n) is 12.5. The van der Waals surface area contributed by atoms with E-state index in [-0.39, 0.29) is 40.5 Å². The monoisotopic (exact) mass is 484 g/mol. The predicted octanol–water partition coefficient (Wildman–Crippen LogP) is 3.44. The number of carbonyl (C=O) groups excluding carboxylic acids is 1. The molecular weight excluding hydrogens is 452 g/mol. The molecule has 2 heterocycles. The molecule has 1 unspecified atom stereocenters. The Labute approximate surface area is 205 Å². The second-order valence-electron chi connectivity index (χ2n) is 10.7. The summed E-state index contributed by atoms with van der Waals surface area (Å²) >= 11 is 6.13. The largest absolute Gasteiger partial charge is 0.504 e. The van der Waals surface area contributed by atoms with Gasteiger partial charge in [0.15, 0.2) is 11.5 Å². The number of benzene rings is 1. The van der Waals surface area contributed by atoms with Gasteiger partial charge >= 0.3 is 0 Å². The van der Waals surface area contributed by atoms with Gasteiger partial charge in [-0.05, 0) is 81.3 Å². The van der Waals surface area contributed by atoms with Crippen molar-refractivity contribution in [3.63, 3.8) is 0 Å². The zero-order chi connectivity index (χ0) is 23.7. The van der Waals surface area contributed by atoms with E-state index < -0.39 is 11.6 Å². The number of aromatic hydroxyl groups is 1. The van der Waals surface area contributed by atoms with E-state index in [2.05, 4.69) is 35.5 Å². The molecule has 5 aliphatic rings. The summed E-state index contributed by atoms with van der Waals surface area (Å²) in [6.45, 7) is 0.938. The van der Waals surface area contributed by atoms with Gasteiger partial charge < -0.3 is 19.5 Å². The highest BCUT2D eigenvalue weighted by atomic mass is 35.5. The second-order valence-corrected chi connectivity index (χ2v) is 11.1. The van der Waals surface area contributed by atoms with Crippen LogP contribution in [-0.4, -0.2) is 65.8 Å². The normalized spacial score (nSPS) is 38.3. The van der Waals surface area contributed by atoms with Crippen molar-refractivity contribution in [2.75, 3.05) is 20.7 Å². The van der Waals surface area contributed by atoms with Crippen molar-refractivity contribution in [1.29, 1.82) is 0 Å². The molecular formula is C27H33ClN2O4. The molecule has 2 bridgehead atoms. The Balaban J connectivity index is 1.39. The van der Waals surface area contributed by atoms with Crippen molar-refractivity contribution in [3.8, 4) is 11.5 Å². The summed E-state index contributed by atoms with van der Waals surface area (Å²) < 4.78 is 13.2. The molecule has 0 radical (unpaired) electrons. The number of phenols is 1. The molecule has 3 aliphatic carbocycles. The molecule has 1 aromatic carbocycles. The lowest BCUT2D eigenvalue weighted by Gasteiger charge is -2.65. The number of carbonyl (C=O) groups is 1. The molecule has 7 heteroatoms. The second kappa shape index (κ2) is 8.09. The standard InChI is InChI=1S/C27H33ClN2O4/c1-30-13-12-26-22-17-8-9-20(31)23(22)34-24(26)18(10-11-27(26,33-2)21(30)15-17)29-19(25(28)32)14-16-6-4-3-5-7-16/h3-6,8-9,16,18-19,21,24,29,31H,7,10-15H2,1-2H3/t16?,18-,19-,21+,24-,26-,27+/m0/s1. The molecule has 6 rings (SSSR count). The van der Waals surface area contributed by atoms with Crippen LogP contribution in [0.3, 0.4) is 0 Å². The van der Waals surface area contributed by atoms with Crippen LogP contribution in [0, 0.1) is 5.92 Å². The van der Waals surface area contributed by atoms with Gasteiger partial charge in [0.2, 0.25) is 5.24 Å². The molecule has 7 atom stereocenters. The van der Waals surface area contributed by atoms with Gasteiger partial charge in [0.05, 0.1) is 17.1 Å². The van der Waals surface area contributed by atoms with Crippen LogP contribution in [-0.2, 0) is 21.4 Å². The van der Waals surface area contributed by atoms with Gasteiger partial charge in [-0.2, -0.15) is 0 Å². The molecule has 2 fully saturated rings. The van der Waals surface area contributed by atoms with Crippen LogP contribution < -0.4 is 10.1 Å². The lowest BCUT2D eigenvalue weighted by Crippen LogP contribution is -2.78. The molecule has 1 spiro atoms. The van der Waals surface area contributed by atoms with Crippen molar-refractivity contribution in [2.24, 2.45) is 5.92 Å². The van der Waals surface area contributed by atoms with Crippen LogP contribution in [0.25, 0.3) is 0 Å². The number of nitrogens with one attached hydrogen (secondary N) is 1. The first kappa shape index (κ1) is 22.6. The average Bonchev–Trinajstić information content (AvgIpc) is 3.20. The summed E-state index contributed by atoms with van der Waals surface area (Å²) in [6.07, 6.45) is 13.1. The third kappa shape index (κ3) is 2.95. The van der Waals surface area contributed by atoms with E-state index in [1.165, 1.54) is 5.56 Å². The maximum Gasteiger partial charge on any atom is 0.238 e. The Morgan fingerprint density at radius 2 is 2.24 bits per heavy atom. The van der Waals surface area contributed by atoms with E-state index in [1.54, 1.807) is 6.07 Å². The Morgan fingerprint density at radius 1 is 1.38 bits per heavy atom. The van der Waals surface area contributed by atoms with Gasteiger partial charge in [-0.15, -0.1) is 0 Å². The molecule has 1 aromatic rings. The van der Waals surface area contributed by atoms with E-state index in [0.29, 0.717) is 12.2 Å².